The minimum atomic E-state index is -0.933. The molecule has 2 heterocycles. The van der Waals surface area contributed by atoms with E-state index in [0.29, 0.717) is 31.0 Å². The van der Waals surface area contributed by atoms with Gasteiger partial charge >= 0.3 is 0 Å². The maximum atomic E-state index is 12.7. The van der Waals surface area contributed by atoms with Crippen molar-refractivity contribution in [1.82, 2.24) is 14.7 Å². The number of benzene rings is 1. The van der Waals surface area contributed by atoms with E-state index in [1.165, 1.54) is 0 Å². The average Bonchev–Trinajstić information content (AvgIpc) is 3.02. The summed E-state index contributed by atoms with van der Waals surface area (Å²) >= 11 is 6.17. The van der Waals surface area contributed by atoms with Gasteiger partial charge in [0.25, 0.3) is 5.91 Å². The fourth-order valence-electron chi connectivity index (χ4n) is 3.04. The molecular formula is C19H24ClN3O3. The summed E-state index contributed by atoms with van der Waals surface area (Å²) in [4.78, 5) is 14.4. The van der Waals surface area contributed by atoms with Gasteiger partial charge in [-0.05, 0) is 31.4 Å². The number of ether oxygens (including phenoxy) is 1. The highest BCUT2D eigenvalue weighted by Gasteiger charge is 2.36. The number of piperidine rings is 1. The van der Waals surface area contributed by atoms with E-state index in [2.05, 4.69) is 5.10 Å². The lowest BCUT2D eigenvalue weighted by Crippen LogP contribution is -2.49. The van der Waals surface area contributed by atoms with E-state index in [0.717, 1.165) is 18.7 Å². The molecule has 0 unspecified atom stereocenters. The fourth-order valence-corrected chi connectivity index (χ4v) is 3.27. The van der Waals surface area contributed by atoms with E-state index in [1.807, 2.05) is 37.3 Å². The van der Waals surface area contributed by atoms with Crippen LogP contribution in [0.4, 0.5) is 0 Å². The second-order valence-electron chi connectivity index (χ2n) is 6.71. The lowest BCUT2D eigenvalue weighted by atomic mass is 9.92. The Labute approximate surface area is 158 Å². The summed E-state index contributed by atoms with van der Waals surface area (Å²) in [6.07, 6.45) is 3.52. The lowest BCUT2D eigenvalue weighted by molar-refractivity contribution is -0.0476. The Hall–Kier alpha value is -2.05. The highest BCUT2D eigenvalue weighted by molar-refractivity contribution is 6.33. The molecule has 26 heavy (non-hydrogen) atoms. The van der Waals surface area contributed by atoms with Gasteiger partial charge in [-0.2, -0.15) is 5.10 Å². The van der Waals surface area contributed by atoms with Crippen LogP contribution >= 0.6 is 11.6 Å². The second kappa shape index (κ2) is 8.10. The number of hydrogen-bond donors (Lipinski definition) is 1. The van der Waals surface area contributed by atoms with Crippen molar-refractivity contribution in [3.05, 3.63) is 47.2 Å². The molecule has 1 aliphatic heterocycles. The Kier molecular flexibility index (Phi) is 5.84. The predicted octanol–water partition coefficient (Wildman–Crippen LogP) is 2.99. The third kappa shape index (κ3) is 4.37. The Balaban J connectivity index is 1.56. The van der Waals surface area contributed by atoms with Gasteiger partial charge in [-0.1, -0.05) is 36.7 Å². The van der Waals surface area contributed by atoms with Gasteiger partial charge in [-0.3, -0.25) is 9.48 Å². The number of rotatable bonds is 6. The van der Waals surface area contributed by atoms with Gasteiger partial charge in [0.05, 0.1) is 5.02 Å². The molecule has 0 spiro atoms. The Bertz CT molecular complexity index is 740. The van der Waals surface area contributed by atoms with Crippen molar-refractivity contribution in [2.45, 2.75) is 38.3 Å². The third-order valence-corrected chi connectivity index (χ3v) is 4.88. The molecule has 1 fully saturated rings. The molecule has 3 rings (SSSR count). The fraction of sp³-hybridized carbons (Fsp3) is 0.474. The molecule has 7 heteroatoms. The van der Waals surface area contributed by atoms with Gasteiger partial charge in [0.15, 0.2) is 5.69 Å². The quantitative estimate of drug-likeness (QED) is 0.840. The number of aromatic nitrogens is 2. The van der Waals surface area contributed by atoms with Crippen LogP contribution in [0, 0.1) is 0 Å². The standard InChI is InChI=1S/C19H24ClN3O3/c1-2-10-23-13-16(20)17(21-23)18(24)22-11-8-19(25,9-12-22)14-26-15-6-4-3-5-7-15/h3-7,13,25H,2,8-12,14H2,1H3. The SMILES string of the molecule is CCCn1cc(Cl)c(C(=O)N2CCC(O)(COc3ccccc3)CC2)n1. The molecule has 1 amide bonds. The van der Waals surface area contributed by atoms with E-state index in [1.54, 1.807) is 15.8 Å². The molecule has 1 aromatic heterocycles. The average molecular weight is 378 g/mol. The van der Waals surface area contributed by atoms with Crippen LogP contribution < -0.4 is 4.74 Å². The van der Waals surface area contributed by atoms with Crippen molar-refractivity contribution >= 4 is 17.5 Å². The van der Waals surface area contributed by atoms with Crippen LogP contribution in [0.25, 0.3) is 0 Å². The van der Waals surface area contributed by atoms with Crippen molar-refractivity contribution in [1.29, 1.82) is 0 Å². The number of likely N-dealkylation sites (tertiary alicyclic amines) is 1. The number of carbonyl (C=O) groups is 1. The zero-order valence-electron chi connectivity index (χ0n) is 14.9. The summed E-state index contributed by atoms with van der Waals surface area (Å²) < 4.78 is 7.39. The molecular weight excluding hydrogens is 354 g/mol. The topological polar surface area (TPSA) is 67.6 Å². The van der Waals surface area contributed by atoms with Crippen LogP contribution in [0.2, 0.25) is 5.02 Å². The summed E-state index contributed by atoms with van der Waals surface area (Å²) in [5.74, 6) is 0.545. The molecule has 1 N–H and O–H groups in total. The Morgan fingerprint density at radius 2 is 2.00 bits per heavy atom. The van der Waals surface area contributed by atoms with Crippen molar-refractivity contribution in [2.75, 3.05) is 19.7 Å². The van der Waals surface area contributed by atoms with Crippen LogP contribution in [0.5, 0.6) is 5.75 Å². The number of aliphatic hydroxyl groups is 1. The molecule has 0 aliphatic carbocycles. The third-order valence-electron chi connectivity index (χ3n) is 4.60. The number of aryl methyl sites for hydroxylation is 1. The summed E-state index contributed by atoms with van der Waals surface area (Å²) in [6.45, 7) is 3.88. The molecule has 1 aliphatic rings. The zero-order chi connectivity index (χ0) is 18.6. The van der Waals surface area contributed by atoms with E-state index in [-0.39, 0.29) is 18.2 Å². The van der Waals surface area contributed by atoms with Crippen molar-refractivity contribution < 1.29 is 14.6 Å². The number of hydrogen-bond acceptors (Lipinski definition) is 4. The molecule has 1 saturated heterocycles. The van der Waals surface area contributed by atoms with Gasteiger partial charge < -0.3 is 14.7 Å². The van der Waals surface area contributed by atoms with Crippen LogP contribution in [0.3, 0.4) is 0 Å². The smallest absolute Gasteiger partial charge is 0.275 e. The number of amides is 1. The number of para-hydroxylation sites is 1. The maximum absolute atomic E-state index is 12.7. The van der Waals surface area contributed by atoms with Crippen LogP contribution in [-0.2, 0) is 6.54 Å². The number of carbonyl (C=O) groups excluding carboxylic acids is 1. The Morgan fingerprint density at radius 1 is 1.31 bits per heavy atom. The van der Waals surface area contributed by atoms with Gasteiger partial charge in [0.2, 0.25) is 0 Å². The van der Waals surface area contributed by atoms with Gasteiger partial charge in [0, 0.05) is 25.8 Å². The first kappa shape index (κ1) is 18.7. The monoisotopic (exact) mass is 377 g/mol. The molecule has 6 nitrogen and oxygen atoms in total. The van der Waals surface area contributed by atoms with Crippen molar-refractivity contribution in [2.24, 2.45) is 0 Å². The summed E-state index contributed by atoms with van der Waals surface area (Å²) in [7, 11) is 0. The van der Waals surface area contributed by atoms with Crippen LogP contribution in [0.15, 0.2) is 36.5 Å². The van der Waals surface area contributed by atoms with E-state index in [4.69, 9.17) is 16.3 Å². The minimum Gasteiger partial charge on any atom is -0.491 e. The highest BCUT2D eigenvalue weighted by Crippen LogP contribution is 2.26. The summed E-state index contributed by atoms with van der Waals surface area (Å²) in [5.41, 5.74) is -0.649. The van der Waals surface area contributed by atoms with Crippen molar-refractivity contribution in [3.63, 3.8) is 0 Å². The van der Waals surface area contributed by atoms with Gasteiger partial charge in [0.1, 0.15) is 18.0 Å². The molecule has 0 radical (unpaired) electrons. The molecule has 0 bridgehead atoms. The molecule has 0 atom stereocenters. The molecule has 2 aromatic rings. The number of halogens is 1. The van der Waals surface area contributed by atoms with Gasteiger partial charge in [-0.15, -0.1) is 0 Å². The normalized spacial score (nSPS) is 16.5. The van der Waals surface area contributed by atoms with E-state index in [9.17, 15) is 9.90 Å². The summed E-state index contributed by atoms with van der Waals surface area (Å²) in [5, 5.41) is 15.4. The molecule has 1 aromatic carbocycles. The van der Waals surface area contributed by atoms with Crippen LogP contribution in [-0.4, -0.2) is 51.0 Å². The maximum Gasteiger partial charge on any atom is 0.275 e. The first-order valence-corrected chi connectivity index (χ1v) is 9.31. The van der Waals surface area contributed by atoms with E-state index < -0.39 is 5.60 Å². The van der Waals surface area contributed by atoms with Crippen LogP contribution in [0.1, 0.15) is 36.7 Å². The lowest BCUT2D eigenvalue weighted by Gasteiger charge is -2.37. The number of nitrogens with zero attached hydrogens (tertiary/aromatic N) is 3. The Morgan fingerprint density at radius 3 is 2.65 bits per heavy atom. The first-order chi connectivity index (χ1) is 12.5. The first-order valence-electron chi connectivity index (χ1n) is 8.93. The predicted molar refractivity (Wildman–Crippen MR) is 99.6 cm³/mol. The second-order valence-corrected chi connectivity index (χ2v) is 7.11. The zero-order valence-corrected chi connectivity index (χ0v) is 15.7. The largest absolute Gasteiger partial charge is 0.491 e. The molecule has 0 saturated carbocycles. The highest BCUT2D eigenvalue weighted by atomic mass is 35.5. The minimum absolute atomic E-state index is 0.184. The molecule has 140 valence electrons. The summed E-state index contributed by atoms with van der Waals surface area (Å²) in [6, 6.07) is 9.41. The van der Waals surface area contributed by atoms with E-state index >= 15 is 0 Å². The van der Waals surface area contributed by atoms with Crippen molar-refractivity contribution in [3.8, 4) is 5.75 Å². The van der Waals surface area contributed by atoms with Gasteiger partial charge in [-0.25, -0.2) is 0 Å².